The standard InChI is InChI=1S/C12H16Cl2N2O2S/c1-8-4-3-5-9(2)16(8)19(17,18)10-6-11(13)12(14)15-7-10/h6-9H,3-5H2,1-2H3/t8-,9+. The van der Waals surface area contributed by atoms with Crippen LogP contribution in [0.25, 0.3) is 0 Å². The van der Waals surface area contributed by atoms with Crippen LogP contribution in [0.2, 0.25) is 10.2 Å². The highest BCUT2D eigenvalue weighted by atomic mass is 35.5. The van der Waals surface area contributed by atoms with Crippen LogP contribution in [-0.4, -0.2) is 29.8 Å². The fourth-order valence-corrected chi connectivity index (χ4v) is 4.73. The Balaban J connectivity index is 2.43. The normalized spacial score (nSPS) is 25.5. The van der Waals surface area contributed by atoms with E-state index in [4.69, 9.17) is 23.2 Å². The lowest BCUT2D eigenvalue weighted by Crippen LogP contribution is -2.47. The molecule has 0 saturated carbocycles. The molecule has 0 unspecified atom stereocenters. The molecule has 1 aliphatic rings. The van der Waals surface area contributed by atoms with E-state index in [2.05, 4.69) is 4.98 Å². The maximum atomic E-state index is 12.7. The minimum Gasteiger partial charge on any atom is -0.242 e. The van der Waals surface area contributed by atoms with Gasteiger partial charge in [0.2, 0.25) is 10.0 Å². The van der Waals surface area contributed by atoms with Gasteiger partial charge in [0.05, 0.1) is 5.02 Å². The van der Waals surface area contributed by atoms with Crippen LogP contribution in [0, 0.1) is 0 Å². The number of sulfonamides is 1. The second-order valence-electron chi connectivity index (χ2n) is 4.91. The van der Waals surface area contributed by atoms with Gasteiger partial charge in [-0.3, -0.25) is 0 Å². The molecule has 1 aromatic rings. The fraction of sp³-hybridized carbons (Fsp3) is 0.583. The van der Waals surface area contributed by atoms with Crippen molar-refractivity contribution in [2.24, 2.45) is 0 Å². The summed E-state index contributed by atoms with van der Waals surface area (Å²) in [6.07, 6.45) is 4.06. The summed E-state index contributed by atoms with van der Waals surface area (Å²) in [5.41, 5.74) is 0. The predicted octanol–water partition coefficient (Wildman–Crippen LogP) is 3.34. The van der Waals surface area contributed by atoms with Crippen molar-refractivity contribution < 1.29 is 8.42 Å². The Labute approximate surface area is 123 Å². The predicted molar refractivity (Wildman–Crippen MR) is 76.1 cm³/mol. The molecule has 1 aliphatic heterocycles. The molecule has 4 nitrogen and oxygen atoms in total. The molecule has 19 heavy (non-hydrogen) atoms. The van der Waals surface area contributed by atoms with Crippen LogP contribution in [0.15, 0.2) is 17.2 Å². The molecule has 0 spiro atoms. The van der Waals surface area contributed by atoms with E-state index in [9.17, 15) is 8.42 Å². The van der Waals surface area contributed by atoms with Gasteiger partial charge in [0.25, 0.3) is 0 Å². The second kappa shape index (κ2) is 5.56. The molecular weight excluding hydrogens is 307 g/mol. The van der Waals surface area contributed by atoms with Gasteiger partial charge in [0.1, 0.15) is 10.0 Å². The number of rotatable bonds is 2. The Hall–Kier alpha value is -0.360. The molecule has 2 heterocycles. The molecule has 106 valence electrons. The van der Waals surface area contributed by atoms with E-state index in [0.717, 1.165) is 19.3 Å². The Morgan fingerprint density at radius 2 is 1.84 bits per heavy atom. The van der Waals surface area contributed by atoms with Crippen LogP contribution in [0.5, 0.6) is 0 Å². The van der Waals surface area contributed by atoms with Crippen molar-refractivity contribution in [3.63, 3.8) is 0 Å². The third-order valence-corrected chi connectivity index (χ3v) is 6.24. The molecule has 0 amide bonds. The largest absolute Gasteiger partial charge is 0.245 e. The first-order chi connectivity index (χ1) is 8.84. The zero-order valence-corrected chi connectivity index (χ0v) is 13.1. The Bertz CT molecular complexity index is 567. The molecule has 1 fully saturated rings. The molecule has 0 radical (unpaired) electrons. The molecule has 2 atom stereocenters. The smallest absolute Gasteiger partial charge is 0.242 e. The van der Waals surface area contributed by atoms with E-state index in [1.807, 2.05) is 13.8 Å². The average Bonchev–Trinajstić information content (AvgIpc) is 2.32. The van der Waals surface area contributed by atoms with E-state index in [-0.39, 0.29) is 27.2 Å². The third kappa shape index (κ3) is 2.89. The Kier molecular flexibility index (Phi) is 4.40. The minimum atomic E-state index is -3.57. The highest BCUT2D eigenvalue weighted by Crippen LogP contribution is 2.31. The van der Waals surface area contributed by atoms with Crippen molar-refractivity contribution in [2.75, 3.05) is 0 Å². The zero-order valence-electron chi connectivity index (χ0n) is 10.8. The summed E-state index contributed by atoms with van der Waals surface area (Å²) in [5, 5.41) is 0.264. The number of hydrogen-bond acceptors (Lipinski definition) is 3. The first kappa shape index (κ1) is 15.0. The summed E-state index contributed by atoms with van der Waals surface area (Å²) in [6.45, 7) is 3.86. The molecule has 1 aromatic heterocycles. The highest BCUT2D eigenvalue weighted by molar-refractivity contribution is 7.89. The summed E-state index contributed by atoms with van der Waals surface area (Å²) in [6, 6.07) is 1.34. The van der Waals surface area contributed by atoms with Gasteiger partial charge >= 0.3 is 0 Å². The molecule has 2 rings (SSSR count). The quantitative estimate of drug-likeness (QED) is 0.784. The summed E-state index contributed by atoms with van der Waals surface area (Å²) in [5.74, 6) is 0. The summed E-state index contributed by atoms with van der Waals surface area (Å²) in [4.78, 5) is 3.92. The van der Waals surface area contributed by atoms with Crippen LogP contribution in [0.4, 0.5) is 0 Å². The van der Waals surface area contributed by atoms with Gasteiger partial charge in [0.15, 0.2) is 0 Å². The maximum Gasteiger partial charge on any atom is 0.245 e. The Morgan fingerprint density at radius 1 is 1.26 bits per heavy atom. The topological polar surface area (TPSA) is 50.3 Å². The van der Waals surface area contributed by atoms with E-state index in [1.54, 1.807) is 4.31 Å². The van der Waals surface area contributed by atoms with Crippen molar-refractivity contribution in [3.05, 3.63) is 22.4 Å². The van der Waals surface area contributed by atoms with E-state index < -0.39 is 10.0 Å². The van der Waals surface area contributed by atoms with Crippen LogP contribution >= 0.6 is 23.2 Å². The van der Waals surface area contributed by atoms with Crippen molar-refractivity contribution in [2.45, 2.75) is 50.1 Å². The summed E-state index contributed by atoms with van der Waals surface area (Å²) in [7, 11) is -3.57. The SMILES string of the molecule is C[C@@H]1CCC[C@H](C)N1S(=O)(=O)c1cnc(Cl)c(Cl)c1. The van der Waals surface area contributed by atoms with Crippen LogP contribution in [0.1, 0.15) is 33.1 Å². The molecule has 0 aromatic carbocycles. The first-order valence-electron chi connectivity index (χ1n) is 6.18. The monoisotopic (exact) mass is 322 g/mol. The number of nitrogens with zero attached hydrogens (tertiary/aromatic N) is 2. The Morgan fingerprint density at radius 3 is 2.37 bits per heavy atom. The van der Waals surface area contributed by atoms with Gasteiger partial charge in [-0.05, 0) is 32.8 Å². The van der Waals surface area contributed by atoms with E-state index in [1.165, 1.54) is 12.3 Å². The first-order valence-corrected chi connectivity index (χ1v) is 8.38. The third-order valence-electron chi connectivity index (χ3n) is 3.46. The van der Waals surface area contributed by atoms with E-state index >= 15 is 0 Å². The summed E-state index contributed by atoms with van der Waals surface area (Å²) >= 11 is 11.6. The van der Waals surface area contributed by atoms with Crippen LogP contribution in [0.3, 0.4) is 0 Å². The lowest BCUT2D eigenvalue weighted by molar-refractivity contribution is 0.204. The molecular formula is C12H16Cl2N2O2S. The number of aromatic nitrogens is 1. The highest BCUT2D eigenvalue weighted by Gasteiger charge is 2.36. The van der Waals surface area contributed by atoms with Gasteiger partial charge in [-0.25, -0.2) is 13.4 Å². The summed E-state index contributed by atoms with van der Waals surface area (Å²) < 4.78 is 26.9. The molecule has 7 heteroatoms. The van der Waals surface area contributed by atoms with Crippen LogP contribution in [-0.2, 0) is 10.0 Å². The number of halogens is 2. The fourth-order valence-electron chi connectivity index (χ4n) is 2.54. The lowest BCUT2D eigenvalue weighted by Gasteiger charge is -2.37. The number of pyridine rings is 1. The van der Waals surface area contributed by atoms with Crippen molar-refractivity contribution >= 4 is 33.2 Å². The molecule has 0 N–H and O–H groups in total. The number of hydrogen-bond donors (Lipinski definition) is 0. The average molecular weight is 323 g/mol. The van der Waals surface area contributed by atoms with Gasteiger partial charge in [-0.15, -0.1) is 0 Å². The van der Waals surface area contributed by atoms with Gasteiger partial charge in [-0.1, -0.05) is 29.6 Å². The van der Waals surface area contributed by atoms with Crippen molar-refractivity contribution in [1.82, 2.24) is 9.29 Å². The minimum absolute atomic E-state index is 0.0109. The maximum absolute atomic E-state index is 12.7. The zero-order chi connectivity index (χ0) is 14.2. The van der Waals surface area contributed by atoms with Gasteiger partial charge < -0.3 is 0 Å². The molecule has 1 saturated heterocycles. The molecule has 0 aliphatic carbocycles. The van der Waals surface area contributed by atoms with Gasteiger partial charge in [-0.2, -0.15) is 4.31 Å². The second-order valence-corrected chi connectivity index (χ2v) is 7.52. The van der Waals surface area contributed by atoms with Gasteiger partial charge in [0, 0.05) is 18.3 Å². The van der Waals surface area contributed by atoms with Crippen LogP contribution < -0.4 is 0 Å². The molecule has 0 bridgehead atoms. The van der Waals surface area contributed by atoms with Crippen molar-refractivity contribution in [3.8, 4) is 0 Å². The van der Waals surface area contributed by atoms with E-state index in [0.29, 0.717) is 0 Å². The van der Waals surface area contributed by atoms with Crippen molar-refractivity contribution in [1.29, 1.82) is 0 Å². The lowest BCUT2D eigenvalue weighted by atomic mass is 10.0. The number of piperidine rings is 1.